The van der Waals surface area contributed by atoms with E-state index in [4.69, 9.17) is 0 Å². The molecule has 29 heavy (non-hydrogen) atoms. The Hall–Kier alpha value is -3.02. The zero-order valence-corrected chi connectivity index (χ0v) is 16.2. The van der Waals surface area contributed by atoms with Crippen LogP contribution in [0.25, 0.3) is 10.9 Å². The lowest BCUT2D eigenvalue weighted by atomic mass is 9.88. The predicted octanol–water partition coefficient (Wildman–Crippen LogP) is 4.49. The lowest BCUT2D eigenvalue weighted by Crippen LogP contribution is -2.39. The van der Waals surface area contributed by atoms with Crippen molar-refractivity contribution in [3.05, 3.63) is 65.9 Å². The van der Waals surface area contributed by atoms with Gasteiger partial charge < -0.3 is 9.88 Å². The number of nitrogens with zero attached hydrogens (tertiary/aromatic N) is 2. The van der Waals surface area contributed by atoms with E-state index >= 15 is 0 Å². The van der Waals surface area contributed by atoms with Crippen LogP contribution in [-0.2, 0) is 11.3 Å². The van der Waals surface area contributed by atoms with E-state index in [1.165, 1.54) is 43.7 Å². The molecule has 2 heterocycles. The quantitative estimate of drug-likeness (QED) is 0.496. The summed E-state index contributed by atoms with van der Waals surface area (Å²) in [5.74, 6) is -1.07. The minimum atomic E-state index is -0.567. The van der Waals surface area contributed by atoms with Gasteiger partial charge >= 0.3 is 0 Å². The topological polar surface area (TPSA) is 66.1 Å². The number of H-pyrrole nitrogens is 1. The fraction of sp³-hybridized carbons (Fsp3) is 0.348. The number of nitrogens with one attached hydrogen (secondary N) is 1. The summed E-state index contributed by atoms with van der Waals surface area (Å²) in [5, 5.41) is 0.559. The Morgan fingerprint density at radius 3 is 2.76 bits per heavy atom. The largest absolute Gasteiger partial charge is 0.360 e. The zero-order valence-electron chi connectivity index (χ0n) is 16.2. The van der Waals surface area contributed by atoms with E-state index in [1.54, 1.807) is 17.3 Å². The molecule has 0 aliphatic heterocycles. The molecular weight excluding hydrogens is 369 g/mol. The van der Waals surface area contributed by atoms with Crippen LogP contribution in [-0.4, -0.2) is 33.1 Å². The van der Waals surface area contributed by atoms with E-state index < -0.39 is 11.7 Å². The van der Waals surface area contributed by atoms with Crippen LogP contribution in [0.3, 0.4) is 0 Å². The maximum atomic E-state index is 13.5. The molecule has 150 valence electrons. The van der Waals surface area contributed by atoms with Gasteiger partial charge in [-0.25, -0.2) is 4.39 Å². The van der Waals surface area contributed by atoms with Gasteiger partial charge in [0.25, 0.3) is 11.7 Å². The highest BCUT2D eigenvalue weighted by Gasteiger charge is 2.28. The number of amides is 1. The van der Waals surface area contributed by atoms with Crippen molar-refractivity contribution < 1.29 is 14.0 Å². The minimum Gasteiger partial charge on any atom is -0.360 e. The number of rotatable bonds is 6. The van der Waals surface area contributed by atoms with Crippen LogP contribution < -0.4 is 0 Å². The number of Topliss-reactive ketones (excluding diaryl/α,β-unsaturated/α-hetero) is 1. The third-order valence-corrected chi connectivity index (χ3v) is 5.67. The molecule has 2 aromatic heterocycles. The number of carbonyl (C=O) groups excluding carboxylic acids is 2. The lowest BCUT2D eigenvalue weighted by molar-refractivity contribution is -0.127. The first-order valence-corrected chi connectivity index (χ1v) is 10.1. The molecule has 0 atom stereocenters. The zero-order chi connectivity index (χ0) is 20.2. The molecule has 0 bridgehead atoms. The highest BCUT2D eigenvalue weighted by molar-refractivity contribution is 6.44. The summed E-state index contributed by atoms with van der Waals surface area (Å²) >= 11 is 0. The molecule has 1 aliphatic carbocycles. The van der Waals surface area contributed by atoms with Gasteiger partial charge in [-0.1, -0.05) is 25.3 Å². The first kappa shape index (κ1) is 19.3. The van der Waals surface area contributed by atoms with Crippen molar-refractivity contribution in [2.75, 3.05) is 6.54 Å². The van der Waals surface area contributed by atoms with Crippen molar-refractivity contribution in [1.29, 1.82) is 0 Å². The number of hydrogen-bond donors (Lipinski definition) is 1. The highest BCUT2D eigenvalue weighted by Crippen LogP contribution is 2.26. The maximum absolute atomic E-state index is 13.5. The molecule has 1 aromatic carbocycles. The molecule has 6 heteroatoms. The summed E-state index contributed by atoms with van der Waals surface area (Å²) in [6.45, 7) is 0.919. The molecule has 1 fully saturated rings. The van der Waals surface area contributed by atoms with Crippen LogP contribution >= 0.6 is 0 Å². The molecule has 3 aromatic rings. The van der Waals surface area contributed by atoms with Crippen molar-refractivity contribution in [3.63, 3.8) is 0 Å². The van der Waals surface area contributed by atoms with Crippen LogP contribution in [0.15, 0.2) is 48.9 Å². The molecule has 1 amide bonds. The number of halogens is 1. The van der Waals surface area contributed by atoms with Gasteiger partial charge in [-0.3, -0.25) is 14.6 Å². The Labute approximate surface area is 168 Å². The first-order chi connectivity index (χ1) is 14.1. The average Bonchev–Trinajstić information content (AvgIpc) is 3.16. The Balaban J connectivity index is 1.59. The fourth-order valence-electron chi connectivity index (χ4n) is 4.16. The normalized spacial score (nSPS) is 14.8. The summed E-state index contributed by atoms with van der Waals surface area (Å²) in [7, 11) is 0. The number of hydrogen-bond acceptors (Lipinski definition) is 3. The molecule has 0 spiro atoms. The van der Waals surface area contributed by atoms with Gasteiger partial charge in [-0.2, -0.15) is 0 Å². The Morgan fingerprint density at radius 1 is 1.17 bits per heavy atom. The molecule has 0 saturated heterocycles. The Kier molecular flexibility index (Phi) is 5.69. The number of ketones is 1. The van der Waals surface area contributed by atoms with Crippen molar-refractivity contribution in [2.45, 2.75) is 38.6 Å². The summed E-state index contributed by atoms with van der Waals surface area (Å²) < 4.78 is 13.5. The van der Waals surface area contributed by atoms with E-state index in [-0.39, 0.29) is 11.4 Å². The maximum Gasteiger partial charge on any atom is 0.295 e. The summed E-state index contributed by atoms with van der Waals surface area (Å²) in [4.78, 5) is 34.9. The summed E-state index contributed by atoms with van der Waals surface area (Å²) in [6, 6.07) is 7.90. The van der Waals surface area contributed by atoms with Crippen molar-refractivity contribution in [2.24, 2.45) is 5.92 Å². The highest BCUT2D eigenvalue weighted by atomic mass is 19.1. The van der Waals surface area contributed by atoms with E-state index in [2.05, 4.69) is 9.97 Å². The third kappa shape index (κ3) is 4.36. The van der Waals surface area contributed by atoms with Crippen LogP contribution in [0.4, 0.5) is 4.39 Å². The SMILES string of the molecule is O=C(C(=O)N(Cc1cccnc1)CC1CCCCC1)c1c[nH]c2cc(F)ccc12. The molecule has 4 rings (SSSR count). The fourth-order valence-corrected chi connectivity index (χ4v) is 4.16. The average molecular weight is 393 g/mol. The number of carbonyl (C=O) groups is 2. The molecule has 0 unspecified atom stereocenters. The van der Waals surface area contributed by atoms with Gasteiger partial charge in [0.1, 0.15) is 5.82 Å². The van der Waals surface area contributed by atoms with Crippen molar-refractivity contribution in [1.82, 2.24) is 14.9 Å². The monoisotopic (exact) mass is 393 g/mol. The van der Waals surface area contributed by atoms with Crippen LogP contribution in [0.1, 0.15) is 48.0 Å². The van der Waals surface area contributed by atoms with Gasteiger partial charge in [-0.15, -0.1) is 0 Å². The van der Waals surface area contributed by atoms with Crippen molar-refractivity contribution >= 4 is 22.6 Å². The third-order valence-electron chi connectivity index (χ3n) is 5.67. The first-order valence-electron chi connectivity index (χ1n) is 10.1. The van der Waals surface area contributed by atoms with Crippen LogP contribution in [0.5, 0.6) is 0 Å². The number of benzene rings is 1. The number of fused-ring (bicyclic) bond motifs is 1. The molecule has 1 saturated carbocycles. The van der Waals surface area contributed by atoms with Gasteiger partial charge in [0.2, 0.25) is 0 Å². The van der Waals surface area contributed by atoms with Gasteiger partial charge in [0, 0.05) is 42.6 Å². The Bertz CT molecular complexity index is 1010. The van der Waals surface area contributed by atoms with Gasteiger partial charge in [0.15, 0.2) is 0 Å². The van der Waals surface area contributed by atoms with Gasteiger partial charge in [-0.05, 0) is 48.6 Å². The second kappa shape index (κ2) is 8.55. The summed E-state index contributed by atoms with van der Waals surface area (Å²) in [6.07, 6.45) is 10.6. The second-order valence-electron chi connectivity index (χ2n) is 7.77. The smallest absolute Gasteiger partial charge is 0.295 e. The van der Waals surface area contributed by atoms with Gasteiger partial charge in [0.05, 0.1) is 5.56 Å². The molecule has 0 radical (unpaired) electrons. The molecule has 1 aliphatic rings. The van der Waals surface area contributed by atoms with E-state index in [1.807, 2.05) is 12.1 Å². The van der Waals surface area contributed by atoms with E-state index in [0.29, 0.717) is 29.9 Å². The number of aromatic amines is 1. The van der Waals surface area contributed by atoms with Crippen LogP contribution in [0.2, 0.25) is 0 Å². The van der Waals surface area contributed by atoms with E-state index in [0.717, 1.165) is 18.4 Å². The minimum absolute atomic E-state index is 0.282. The molecular formula is C23H24FN3O2. The Morgan fingerprint density at radius 2 is 2.00 bits per heavy atom. The van der Waals surface area contributed by atoms with Crippen molar-refractivity contribution in [3.8, 4) is 0 Å². The second-order valence-corrected chi connectivity index (χ2v) is 7.77. The standard InChI is InChI=1S/C23H24FN3O2/c24-18-8-9-19-20(13-26-21(19)11-18)22(28)23(29)27(14-16-5-2-1-3-6-16)15-17-7-4-10-25-12-17/h4,7-13,16,26H,1-3,5-6,14-15H2. The number of pyridine rings is 1. The number of aromatic nitrogens is 2. The van der Waals surface area contributed by atoms with Crippen LogP contribution in [0, 0.1) is 11.7 Å². The lowest BCUT2D eigenvalue weighted by Gasteiger charge is -2.29. The molecule has 1 N–H and O–H groups in total. The molecule has 5 nitrogen and oxygen atoms in total. The predicted molar refractivity (Wildman–Crippen MR) is 109 cm³/mol. The summed E-state index contributed by atoms with van der Waals surface area (Å²) in [5.41, 5.74) is 1.68. The van der Waals surface area contributed by atoms with E-state index in [9.17, 15) is 14.0 Å².